The van der Waals surface area contributed by atoms with Crippen molar-refractivity contribution in [3.63, 3.8) is 0 Å². The van der Waals surface area contributed by atoms with Crippen molar-refractivity contribution in [2.45, 2.75) is 0 Å². The molecular weight excluding hydrogens is 262 g/mol. The second kappa shape index (κ2) is 6.00. The van der Waals surface area contributed by atoms with Crippen molar-refractivity contribution in [3.8, 4) is 11.4 Å². The van der Waals surface area contributed by atoms with E-state index in [-0.39, 0.29) is 0 Å². The lowest BCUT2D eigenvalue weighted by Gasteiger charge is -2.09. The van der Waals surface area contributed by atoms with Gasteiger partial charge in [0.25, 0.3) is 0 Å². The van der Waals surface area contributed by atoms with Gasteiger partial charge in [-0.2, -0.15) is 0 Å². The fourth-order valence-corrected chi connectivity index (χ4v) is 1.94. The molecule has 2 N–H and O–H groups in total. The molecule has 0 aliphatic rings. The van der Waals surface area contributed by atoms with Crippen LogP contribution >= 0.6 is 0 Å². The van der Waals surface area contributed by atoms with Gasteiger partial charge in [-0.1, -0.05) is 30.3 Å². The third-order valence-electron chi connectivity index (χ3n) is 2.97. The Balaban J connectivity index is 1.98. The van der Waals surface area contributed by atoms with E-state index in [1.807, 2.05) is 55.6 Å². The second-order valence-electron chi connectivity index (χ2n) is 4.44. The number of nitrogens with zero attached hydrogens (tertiary/aromatic N) is 3. The summed E-state index contributed by atoms with van der Waals surface area (Å²) in [5.74, 6) is 2.18. The Morgan fingerprint density at radius 2 is 1.57 bits per heavy atom. The summed E-state index contributed by atoms with van der Waals surface area (Å²) in [6.07, 6.45) is 3.47. The van der Waals surface area contributed by atoms with Crippen LogP contribution in [0, 0.1) is 0 Å². The summed E-state index contributed by atoms with van der Waals surface area (Å²) >= 11 is 0. The van der Waals surface area contributed by atoms with Gasteiger partial charge < -0.3 is 10.6 Å². The van der Waals surface area contributed by atoms with Crippen LogP contribution in [0.15, 0.2) is 60.9 Å². The van der Waals surface area contributed by atoms with Gasteiger partial charge >= 0.3 is 0 Å². The third-order valence-corrected chi connectivity index (χ3v) is 2.97. The van der Waals surface area contributed by atoms with Crippen LogP contribution in [-0.4, -0.2) is 22.0 Å². The summed E-state index contributed by atoms with van der Waals surface area (Å²) in [6, 6.07) is 15.6. The predicted molar refractivity (Wildman–Crippen MR) is 84.5 cm³/mol. The van der Waals surface area contributed by atoms with Gasteiger partial charge in [0.2, 0.25) is 0 Å². The van der Waals surface area contributed by atoms with Crippen molar-refractivity contribution < 1.29 is 0 Å². The number of rotatable bonds is 4. The van der Waals surface area contributed by atoms with Crippen LogP contribution in [0.5, 0.6) is 0 Å². The van der Waals surface area contributed by atoms with E-state index in [0.29, 0.717) is 5.82 Å². The Kier molecular flexibility index (Phi) is 3.73. The zero-order valence-electron chi connectivity index (χ0n) is 11.6. The molecule has 0 spiro atoms. The molecule has 0 fully saturated rings. The Labute approximate surface area is 123 Å². The molecule has 0 saturated carbocycles. The molecule has 0 aliphatic carbocycles. The highest BCUT2D eigenvalue weighted by Gasteiger charge is 2.06. The fraction of sp³-hybridized carbons (Fsp3) is 0.0625. The number of anilines is 3. The number of hydrogen-bond donors (Lipinski definition) is 2. The lowest BCUT2D eigenvalue weighted by molar-refractivity contribution is 1.16. The Bertz CT molecular complexity index is 713. The van der Waals surface area contributed by atoms with Crippen LogP contribution in [0.25, 0.3) is 11.4 Å². The van der Waals surface area contributed by atoms with Gasteiger partial charge in [-0.15, -0.1) is 0 Å². The minimum Gasteiger partial charge on any atom is -0.373 e. The van der Waals surface area contributed by atoms with E-state index in [0.717, 1.165) is 22.9 Å². The minimum absolute atomic E-state index is 0.680. The first-order valence-electron chi connectivity index (χ1n) is 6.64. The van der Waals surface area contributed by atoms with Crippen molar-refractivity contribution in [2.75, 3.05) is 17.7 Å². The molecule has 0 amide bonds. The smallest absolute Gasteiger partial charge is 0.163 e. The lowest BCUT2D eigenvalue weighted by Crippen LogP contribution is -2.01. The number of aromatic nitrogens is 3. The van der Waals surface area contributed by atoms with Crippen molar-refractivity contribution in [1.82, 2.24) is 15.0 Å². The van der Waals surface area contributed by atoms with Crippen LogP contribution in [0.2, 0.25) is 0 Å². The van der Waals surface area contributed by atoms with Gasteiger partial charge in [0.15, 0.2) is 5.82 Å². The normalized spacial score (nSPS) is 10.1. The Morgan fingerprint density at radius 3 is 2.29 bits per heavy atom. The number of nitrogens with one attached hydrogen (secondary N) is 2. The summed E-state index contributed by atoms with van der Waals surface area (Å²) < 4.78 is 0. The van der Waals surface area contributed by atoms with Crippen molar-refractivity contribution in [3.05, 3.63) is 60.9 Å². The van der Waals surface area contributed by atoms with E-state index in [4.69, 9.17) is 0 Å². The van der Waals surface area contributed by atoms with Gasteiger partial charge in [0.1, 0.15) is 11.6 Å². The fourth-order valence-electron chi connectivity index (χ4n) is 1.94. The Morgan fingerprint density at radius 1 is 0.857 bits per heavy atom. The van der Waals surface area contributed by atoms with E-state index < -0.39 is 0 Å². The number of pyridine rings is 1. The molecule has 0 radical (unpaired) electrons. The SMILES string of the molecule is CNc1cc(Nc2ccncc2)nc(-c2ccccc2)n1. The van der Waals surface area contributed by atoms with E-state index >= 15 is 0 Å². The highest BCUT2D eigenvalue weighted by Crippen LogP contribution is 2.22. The van der Waals surface area contributed by atoms with Crippen molar-refractivity contribution >= 4 is 17.3 Å². The van der Waals surface area contributed by atoms with E-state index in [2.05, 4.69) is 25.6 Å². The maximum atomic E-state index is 4.56. The van der Waals surface area contributed by atoms with Crippen LogP contribution in [0.3, 0.4) is 0 Å². The first kappa shape index (κ1) is 13.1. The third kappa shape index (κ3) is 3.14. The van der Waals surface area contributed by atoms with Crippen LogP contribution in [0.1, 0.15) is 0 Å². The van der Waals surface area contributed by atoms with Gasteiger partial charge in [0, 0.05) is 36.8 Å². The molecule has 3 rings (SSSR count). The lowest BCUT2D eigenvalue weighted by atomic mass is 10.2. The maximum Gasteiger partial charge on any atom is 0.163 e. The zero-order valence-corrected chi connectivity index (χ0v) is 11.6. The predicted octanol–water partition coefficient (Wildman–Crippen LogP) is 3.32. The molecule has 0 atom stereocenters. The molecule has 0 aliphatic heterocycles. The molecule has 1 aromatic carbocycles. The van der Waals surface area contributed by atoms with Gasteiger partial charge in [0.05, 0.1) is 0 Å². The molecule has 0 unspecified atom stereocenters. The van der Waals surface area contributed by atoms with E-state index in [1.54, 1.807) is 12.4 Å². The average molecular weight is 277 g/mol. The highest BCUT2D eigenvalue weighted by molar-refractivity contribution is 5.64. The van der Waals surface area contributed by atoms with Crippen molar-refractivity contribution in [2.24, 2.45) is 0 Å². The van der Waals surface area contributed by atoms with Crippen LogP contribution in [0.4, 0.5) is 17.3 Å². The standard InChI is InChI=1S/C16H15N5/c1-17-14-11-15(19-13-7-9-18-10-8-13)21-16(20-14)12-5-3-2-4-6-12/h2-11H,1H3,(H2,17,18,19,20,21). The van der Waals surface area contributed by atoms with Gasteiger partial charge in [-0.3, -0.25) is 4.98 Å². The summed E-state index contributed by atoms with van der Waals surface area (Å²) in [6.45, 7) is 0. The average Bonchev–Trinajstić information content (AvgIpc) is 2.56. The Hall–Kier alpha value is -2.95. The molecule has 5 heteroatoms. The number of hydrogen-bond acceptors (Lipinski definition) is 5. The van der Waals surface area contributed by atoms with E-state index in [9.17, 15) is 0 Å². The van der Waals surface area contributed by atoms with Gasteiger partial charge in [-0.05, 0) is 12.1 Å². The molecule has 5 nitrogen and oxygen atoms in total. The largest absolute Gasteiger partial charge is 0.373 e. The molecule has 0 bridgehead atoms. The monoisotopic (exact) mass is 277 g/mol. The second-order valence-corrected chi connectivity index (χ2v) is 4.44. The van der Waals surface area contributed by atoms with Crippen LogP contribution in [-0.2, 0) is 0 Å². The summed E-state index contributed by atoms with van der Waals surface area (Å²) in [7, 11) is 1.84. The molecular formula is C16H15N5. The molecule has 2 aromatic heterocycles. The highest BCUT2D eigenvalue weighted by atomic mass is 15.1. The first-order valence-corrected chi connectivity index (χ1v) is 6.64. The quantitative estimate of drug-likeness (QED) is 0.766. The van der Waals surface area contributed by atoms with E-state index in [1.165, 1.54) is 0 Å². The molecule has 21 heavy (non-hydrogen) atoms. The maximum absolute atomic E-state index is 4.56. The number of benzene rings is 1. The topological polar surface area (TPSA) is 62.7 Å². The summed E-state index contributed by atoms with van der Waals surface area (Å²) in [5, 5.41) is 6.32. The minimum atomic E-state index is 0.680. The van der Waals surface area contributed by atoms with Crippen molar-refractivity contribution in [1.29, 1.82) is 0 Å². The zero-order chi connectivity index (χ0) is 14.5. The van der Waals surface area contributed by atoms with Gasteiger partial charge in [-0.25, -0.2) is 9.97 Å². The van der Waals surface area contributed by atoms with Crippen LogP contribution < -0.4 is 10.6 Å². The molecule has 104 valence electrons. The summed E-state index contributed by atoms with van der Waals surface area (Å²) in [4.78, 5) is 13.1. The molecule has 0 saturated heterocycles. The molecule has 2 heterocycles. The first-order chi connectivity index (χ1) is 10.3. The molecule has 3 aromatic rings. The summed E-state index contributed by atoms with van der Waals surface area (Å²) in [5.41, 5.74) is 1.91.